The average molecular weight is 594 g/mol. The zero-order valence-corrected chi connectivity index (χ0v) is 24.0. The molecule has 212 valence electrons. The van der Waals surface area contributed by atoms with Gasteiger partial charge in [-0.3, -0.25) is 9.36 Å². The lowest BCUT2D eigenvalue weighted by molar-refractivity contribution is 0.0889. The molecular formula is C30H29Cl2N5O4. The van der Waals surface area contributed by atoms with Crippen LogP contribution in [0.2, 0.25) is 10.0 Å². The van der Waals surface area contributed by atoms with Crippen LogP contribution in [0.15, 0.2) is 59.7 Å². The third-order valence-corrected chi connectivity index (χ3v) is 7.34. The number of aromatic nitrogens is 3. The lowest BCUT2D eigenvalue weighted by Crippen LogP contribution is -2.39. The van der Waals surface area contributed by atoms with Crippen LogP contribution in [0.1, 0.15) is 18.4 Å². The number of piperidine rings is 1. The number of β-amino-alcohol motifs (C(OH)–C–C–N with tert-alkyl or cyclic N) is 1. The van der Waals surface area contributed by atoms with E-state index in [2.05, 4.69) is 32.0 Å². The SMILES string of the molecule is COCC#Cc1cn(-c2c(Cl)cccc2Cl)c(=O)c2cnc(Nc3ccc(OC4CCN(CCO)CC4)cc3)nc12. The molecule has 0 radical (unpaired) electrons. The van der Waals surface area contributed by atoms with Gasteiger partial charge in [0.1, 0.15) is 18.5 Å². The molecule has 0 amide bonds. The first kappa shape index (κ1) is 28.9. The maximum Gasteiger partial charge on any atom is 0.266 e. The molecule has 1 fully saturated rings. The Kier molecular flexibility index (Phi) is 9.39. The van der Waals surface area contributed by atoms with Gasteiger partial charge >= 0.3 is 0 Å². The minimum Gasteiger partial charge on any atom is -0.490 e. The second-order valence-electron chi connectivity index (χ2n) is 9.51. The van der Waals surface area contributed by atoms with Crippen LogP contribution in [0.5, 0.6) is 5.75 Å². The number of ether oxygens (including phenoxy) is 2. The molecule has 11 heteroatoms. The van der Waals surface area contributed by atoms with Gasteiger partial charge in [-0.1, -0.05) is 41.1 Å². The summed E-state index contributed by atoms with van der Waals surface area (Å²) in [4.78, 5) is 24.7. The summed E-state index contributed by atoms with van der Waals surface area (Å²) in [6, 6.07) is 12.6. The highest BCUT2D eigenvalue weighted by Crippen LogP contribution is 2.29. The minimum absolute atomic E-state index is 0.148. The fraction of sp³-hybridized carbons (Fsp3) is 0.300. The Morgan fingerprint density at radius 3 is 2.54 bits per heavy atom. The highest BCUT2D eigenvalue weighted by Gasteiger charge is 2.20. The molecule has 2 N–H and O–H groups in total. The number of nitrogens with zero attached hydrogens (tertiary/aromatic N) is 4. The molecule has 0 saturated carbocycles. The molecule has 1 saturated heterocycles. The van der Waals surface area contributed by atoms with E-state index in [1.54, 1.807) is 31.5 Å². The Bertz CT molecular complexity index is 1620. The molecule has 4 aromatic rings. The van der Waals surface area contributed by atoms with Gasteiger partial charge < -0.3 is 24.8 Å². The predicted molar refractivity (Wildman–Crippen MR) is 161 cm³/mol. The number of nitrogens with one attached hydrogen (secondary N) is 1. The summed E-state index contributed by atoms with van der Waals surface area (Å²) in [6.07, 6.45) is 5.04. The molecule has 0 spiro atoms. The molecule has 0 atom stereocenters. The van der Waals surface area contributed by atoms with Gasteiger partial charge in [-0.25, -0.2) is 9.97 Å². The first-order valence-electron chi connectivity index (χ1n) is 13.2. The quantitative estimate of drug-likeness (QED) is 0.284. The maximum absolute atomic E-state index is 13.5. The van der Waals surface area contributed by atoms with Crippen molar-refractivity contribution in [3.63, 3.8) is 0 Å². The number of anilines is 2. The van der Waals surface area contributed by atoms with E-state index in [-0.39, 0.29) is 30.3 Å². The number of benzene rings is 2. The zero-order chi connectivity index (χ0) is 28.8. The highest BCUT2D eigenvalue weighted by molar-refractivity contribution is 6.37. The van der Waals surface area contributed by atoms with Crippen molar-refractivity contribution in [2.45, 2.75) is 18.9 Å². The summed E-state index contributed by atoms with van der Waals surface area (Å²) in [7, 11) is 1.56. The number of rotatable bonds is 8. The van der Waals surface area contributed by atoms with Crippen molar-refractivity contribution in [3.05, 3.63) is 80.8 Å². The van der Waals surface area contributed by atoms with E-state index in [1.165, 1.54) is 10.8 Å². The molecule has 2 aromatic heterocycles. The first-order valence-corrected chi connectivity index (χ1v) is 13.9. The van der Waals surface area contributed by atoms with Gasteiger partial charge in [0.05, 0.1) is 38.8 Å². The van der Waals surface area contributed by atoms with E-state index >= 15 is 0 Å². The highest BCUT2D eigenvalue weighted by atomic mass is 35.5. The molecule has 5 rings (SSSR count). The van der Waals surface area contributed by atoms with E-state index < -0.39 is 0 Å². The van der Waals surface area contributed by atoms with Gasteiger partial charge in [0.25, 0.3) is 5.56 Å². The summed E-state index contributed by atoms with van der Waals surface area (Å²) < 4.78 is 12.6. The number of hydrogen-bond donors (Lipinski definition) is 2. The van der Waals surface area contributed by atoms with E-state index in [1.807, 2.05) is 24.3 Å². The van der Waals surface area contributed by atoms with Gasteiger partial charge in [-0.2, -0.15) is 0 Å². The van der Waals surface area contributed by atoms with Gasteiger partial charge in [0, 0.05) is 44.8 Å². The third kappa shape index (κ3) is 6.81. The number of hydrogen-bond acceptors (Lipinski definition) is 8. The fourth-order valence-electron chi connectivity index (χ4n) is 4.69. The van der Waals surface area contributed by atoms with Crippen LogP contribution in [-0.2, 0) is 4.74 Å². The third-order valence-electron chi connectivity index (χ3n) is 6.73. The fourth-order valence-corrected chi connectivity index (χ4v) is 5.27. The number of para-hydroxylation sites is 1. The Hall–Kier alpha value is -3.65. The molecule has 9 nitrogen and oxygen atoms in total. The number of halogens is 2. The molecule has 3 heterocycles. The van der Waals surface area contributed by atoms with E-state index in [0.29, 0.717) is 39.3 Å². The molecule has 0 aliphatic carbocycles. The molecule has 1 aliphatic rings. The van der Waals surface area contributed by atoms with Crippen LogP contribution in [0.3, 0.4) is 0 Å². The van der Waals surface area contributed by atoms with Gasteiger partial charge in [-0.05, 0) is 49.2 Å². The van der Waals surface area contributed by atoms with Gasteiger partial charge in [-0.15, -0.1) is 0 Å². The molecule has 2 aromatic carbocycles. The monoisotopic (exact) mass is 593 g/mol. The Morgan fingerprint density at radius 2 is 1.85 bits per heavy atom. The van der Waals surface area contributed by atoms with Crippen molar-refractivity contribution >= 4 is 45.7 Å². The van der Waals surface area contributed by atoms with E-state index in [0.717, 1.165) is 37.4 Å². The van der Waals surface area contributed by atoms with E-state index in [4.69, 9.17) is 37.8 Å². The van der Waals surface area contributed by atoms with E-state index in [9.17, 15) is 4.79 Å². The van der Waals surface area contributed by atoms with Crippen molar-refractivity contribution in [1.82, 2.24) is 19.4 Å². The normalized spacial score (nSPS) is 14.0. The largest absolute Gasteiger partial charge is 0.490 e. The summed E-state index contributed by atoms with van der Waals surface area (Å²) >= 11 is 12.8. The predicted octanol–water partition coefficient (Wildman–Crippen LogP) is 4.66. The number of aliphatic hydroxyl groups excluding tert-OH is 1. The number of methoxy groups -OCH3 is 1. The van der Waals surface area contributed by atoms with Crippen molar-refractivity contribution in [3.8, 4) is 23.3 Å². The van der Waals surface area contributed by atoms with Crippen LogP contribution in [-0.4, -0.2) is 70.6 Å². The average Bonchev–Trinajstić information content (AvgIpc) is 2.97. The van der Waals surface area contributed by atoms with Crippen molar-refractivity contribution < 1.29 is 14.6 Å². The minimum atomic E-state index is -0.373. The lowest BCUT2D eigenvalue weighted by atomic mass is 10.1. The second kappa shape index (κ2) is 13.3. The topological polar surface area (TPSA) is 102 Å². The number of likely N-dealkylation sites (tertiary alicyclic amines) is 1. The molecule has 0 bridgehead atoms. The lowest BCUT2D eigenvalue weighted by Gasteiger charge is -2.31. The van der Waals surface area contributed by atoms with Crippen LogP contribution in [0.25, 0.3) is 16.6 Å². The van der Waals surface area contributed by atoms with Crippen LogP contribution in [0, 0.1) is 11.8 Å². The maximum atomic E-state index is 13.5. The molecule has 41 heavy (non-hydrogen) atoms. The summed E-state index contributed by atoms with van der Waals surface area (Å²) in [6.45, 7) is 2.92. The smallest absolute Gasteiger partial charge is 0.266 e. The number of aliphatic hydroxyl groups is 1. The van der Waals surface area contributed by atoms with Gasteiger partial charge in [0.15, 0.2) is 0 Å². The van der Waals surface area contributed by atoms with Crippen molar-refractivity contribution in [2.75, 3.05) is 45.3 Å². The summed E-state index contributed by atoms with van der Waals surface area (Å²) in [5.74, 6) is 7.06. The Balaban J connectivity index is 1.39. The molecular weight excluding hydrogens is 565 g/mol. The summed E-state index contributed by atoms with van der Waals surface area (Å²) in [5.41, 5.74) is 1.63. The van der Waals surface area contributed by atoms with Crippen LogP contribution >= 0.6 is 23.2 Å². The Morgan fingerprint density at radius 1 is 1.12 bits per heavy atom. The van der Waals surface area contributed by atoms with Gasteiger partial charge in [0.2, 0.25) is 5.95 Å². The second-order valence-corrected chi connectivity index (χ2v) is 10.3. The van der Waals surface area contributed by atoms with Crippen LogP contribution < -0.4 is 15.6 Å². The molecule has 0 unspecified atom stereocenters. The van der Waals surface area contributed by atoms with Crippen molar-refractivity contribution in [2.24, 2.45) is 0 Å². The standard InChI is InChI=1S/C30H29Cl2N5O4/c1-40-17-3-4-20-19-37(28-25(31)5-2-6-26(28)32)29(39)24-18-33-30(35-27(20)24)34-21-7-9-22(10-8-21)41-23-11-13-36(14-12-23)15-16-38/h2,5-10,18-19,23,38H,11-17H2,1H3,(H,33,34,35). The first-order chi connectivity index (χ1) is 20.0. The van der Waals surface area contributed by atoms with Crippen LogP contribution in [0.4, 0.5) is 11.6 Å². The molecule has 1 aliphatic heterocycles. The number of fused-ring (bicyclic) bond motifs is 1. The Labute approximate surface area is 247 Å². The zero-order valence-electron chi connectivity index (χ0n) is 22.4. The number of pyridine rings is 1. The van der Waals surface area contributed by atoms with Crippen molar-refractivity contribution in [1.29, 1.82) is 0 Å². The summed E-state index contributed by atoms with van der Waals surface area (Å²) in [5, 5.41) is 13.2.